The maximum absolute atomic E-state index is 11.4. The molecule has 0 saturated heterocycles. The highest BCUT2D eigenvalue weighted by atomic mass is 16.5. The van der Waals surface area contributed by atoms with Crippen molar-refractivity contribution in [2.75, 3.05) is 6.61 Å². The molecule has 1 amide bonds. The number of aromatic hydroxyl groups is 1. The normalized spacial score (nSPS) is 11.3. The van der Waals surface area contributed by atoms with Crippen LogP contribution in [0.3, 0.4) is 0 Å². The molecule has 7 heteroatoms. The molecule has 0 saturated carbocycles. The summed E-state index contributed by atoms with van der Waals surface area (Å²) >= 11 is 0. The molecule has 1 unspecified atom stereocenters. The number of phenols is 1. The van der Waals surface area contributed by atoms with Gasteiger partial charge in [0.2, 0.25) is 0 Å². The molecule has 0 spiro atoms. The molecule has 1 aromatic rings. The van der Waals surface area contributed by atoms with Crippen LogP contribution in [0.1, 0.15) is 28.9 Å². The fourth-order valence-corrected chi connectivity index (χ4v) is 1.60. The molecule has 0 aromatic heterocycles. The van der Waals surface area contributed by atoms with E-state index in [0.29, 0.717) is 0 Å². The maximum Gasteiger partial charge on any atom is 0.408 e. The number of aliphatic carboxylic acids is 1. The quantitative estimate of drug-likeness (QED) is 0.542. The molecule has 0 radical (unpaired) electrons. The van der Waals surface area contributed by atoms with Crippen molar-refractivity contribution in [3.8, 4) is 5.75 Å². The third-order valence-electron chi connectivity index (χ3n) is 2.57. The Morgan fingerprint density at radius 2 is 2.10 bits per heavy atom. The lowest BCUT2D eigenvalue weighted by molar-refractivity contribution is -0.139. The zero-order valence-electron chi connectivity index (χ0n) is 11.3. The van der Waals surface area contributed by atoms with Crippen molar-refractivity contribution in [3.63, 3.8) is 0 Å². The maximum atomic E-state index is 11.4. The highest BCUT2D eigenvalue weighted by Gasteiger charge is 2.24. The fraction of sp³-hybridized carbons (Fsp3) is 0.214. The Labute approximate surface area is 120 Å². The first-order valence-corrected chi connectivity index (χ1v) is 5.97. The number of carboxylic acids is 1. The summed E-state index contributed by atoms with van der Waals surface area (Å²) < 4.78 is 4.65. The largest absolute Gasteiger partial charge is 0.507 e. The average Bonchev–Trinajstić information content (AvgIpc) is 2.42. The van der Waals surface area contributed by atoms with Crippen LogP contribution in [0.2, 0.25) is 0 Å². The number of ether oxygens (including phenoxy) is 1. The van der Waals surface area contributed by atoms with Gasteiger partial charge < -0.3 is 20.3 Å². The minimum Gasteiger partial charge on any atom is -0.507 e. The Balaban J connectivity index is 3.03. The van der Waals surface area contributed by atoms with E-state index in [9.17, 15) is 19.5 Å². The number of carbonyl (C=O) groups is 3. The van der Waals surface area contributed by atoms with E-state index in [2.05, 4.69) is 16.6 Å². The summed E-state index contributed by atoms with van der Waals surface area (Å²) in [5, 5.41) is 20.8. The number of Topliss-reactive ketones (excluding diaryl/α,β-unsaturated/α-hetero) is 1. The van der Waals surface area contributed by atoms with Gasteiger partial charge in [-0.05, 0) is 24.6 Å². The van der Waals surface area contributed by atoms with Crippen molar-refractivity contribution in [2.45, 2.75) is 13.0 Å². The third kappa shape index (κ3) is 4.34. The zero-order valence-corrected chi connectivity index (χ0v) is 11.3. The first-order valence-electron chi connectivity index (χ1n) is 5.97. The first kappa shape index (κ1) is 16.2. The van der Waals surface area contributed by atoms with Gasteiger partial charge in [0.25, 0.3) is 0 Å². The van der Waals surface area contributed by atoms with Crippen molar-refractivity contribution in [3.05, 3.63) is 42.0 Å². The molecular formula is C14H15NO6. The number of carboxylic acid groups (broad SMARTS) is 1. The van der Waals surface area contributed by atoms with Crippen molar-refractivity contribution >= 4 is 17.8 Å². The Morgan fingerprint density at radius 1 is 1.43 bits per heavy atom. The van der Waals surface area contributed by atoms with E-state index in [1.54, 1.807) is 0 Å². The lowest BCUT2D eigenvalue weighted by Gasteiger charge is -2.15. The van der Waals surface area contributed by atoms with Gasteiger partial charge in [-0.15, -0.1) is 0 Å². The van der Waals surface area contributed by atoms with Crippen LogP contribution in [-0.4, -0.2) is 34.7 Å². The van der Waals surface area contributed by atoms with Gasteiger partial charge in [0.15, 0.2) is 11.8 Å². The number of rotatable bonds is 6. The summed E-state index contributed by atoms with van der Waals surface area (Å²) in [6.07, 6.45) is 0.406. The Kier molecular flexibility index (Phi) is 5.48. The first-order chi connectivity index (χ1) is 9.86. The van der Waals surface area contributed by atoms with Gasteiger partial charge in [0.05, 0.1) is 5.56 Å². The van der Waals surface area contributed by atoms with Crippen molar-refractivity contribution in [1.82, 2.24) is 5.32 Å². The molecule has 3 N–H and O–H groups in total. The minimum absolute atomic E-state index is 0.0278. The van der Waals surface area contributed by atoms with Crippen LogP contribution in [-0.2, 0) is 9.53 Å². The second-order valence-corrected chi connectivity index (χ2v) is 4.14. The van der Waals surface area contributed by atoms with E-state index in [1.165, 1.54) is 31.2 Å². The summed E-state index contributed by atoms with van der Waals surface area (Å²) in [7, 11) is 0. The van der Waals surface area contributed by atoms with Crippen LogP contribution in [0.25, 0.3) is 0 Å². The smallest absolute Gasteiger partial charge is 0.408 e. The minimum atomic E-state index is -1.40. The van der Waals surface area contributed by atoms with Crippen LogP contribution < -0.4 is 5.32 Å². The standard InChI is InChI=1S/C14H15NO6/c1-3-6-21-14(20)15-12(13(18)19)9-4-5-11(17)10(7-9)8(2)16/h3-5,7,12,17H,1,6H2,2H3,(H,15,20)(H,18,19). The summed E-state index contributed by atoms with van der Waals surface area (Å²) in [5.41, 5.74) is 0.112. The van der Waals surface area contributed by atoms with E-state index in [0.717, 1.165) is 0 Å². The Hall–Kier alpha value is -2.83. The number of nitrogens with one attached hydrogen (secondary N) is 1. The third-order valence-corrected chi connectivity index (χ3v) is 2.57. The average molecular weight is 293 g/mol. The molecule has 1 rings (SSSR count). The molecular weight excluding hydrogens is 278 g/mol. The predicted molar refractivity (Wildman–Crippen MR) is 73.2 cm³/mol. The highest BCUT2D eigenvalue weighted by molar-refractivity contribution is 5.97. The molecule has 0 aliphatic heterocycles. The van der Waals surface area contributed by atoms with Crippen LogP contribution in [0.5, 0.6) is 5.75 Å². The van der Waals surface area contributed by atoms with Gasteiger partial charge in [-0.25, -0.2) is 9.59 Å². The molecule has 0 aliphatic rings. The summed E-state index contributed by atoms with van der Waals surface area (Å²) in [6, 6.07) is 2.30. The van der Waals surface area contributed by atoms with Crippen molar-refractivity contribution in [2.24, 2.45) is 0 Å². The molecule has 1 atom stereocenters. The molecule has 112 valence electrons. The predicted octanol–water partition coefficient (Wildman–Crippen LogP) is 1.63. The van der Waals surface area contributed by atoms with E-state index in [1.807, 2.05) is 0 Å². The molecule has 0 heterocycles. The van der Waals surface area contributed by atoms with Gasteiger partial charge in [-0.1, -0.05) is 18.7 Å². The van der Waals surface area contributed by atoms with Gasteiger partial charge in [0, 0.05) is 0 Å². The number of carbonyl (C=O) groups excluding carboxylic acids is 2. The topological polar surface area (TPSA) is 113 Å². The fourth-order valence-electron chi connectivity index (χ4n) is 1.60. The molecule has 7 nitrogen and oxygen atoms in total. The van der Waals surface area contributed by atoms with E-state index < -0.39 is 23.9 Å². The van der Waals surface area contributed by atoms with Gasteiger partial charge >= 0.3 is 12.1 Å². The van der Waals surface area contributed by atoms with E-state index >= 15 is 0 Å². The Morgan fingerprint density at radius 3 is 2.62 bits per heavy atom. The van der Waals surface area contributed by atoms with E-state index in [4.69, 9.17) is 5.11 Å². The van der Waals surface area contributed by atoms with Crippen LogP contribution >= 0.6 is 0 Å². The molecule has 0 fully saturated rings. The number of ketones is 1. The van der Waals surface area contributed by atoms with Crippen molar-refractivity contribution < 1.29 is 29.3 Å². The van der Waals surface area contributed by atoms with Gasteiger partial charge in [-0.3, -0.25) is 4.79 Å². The summed E-state index contributed by atoms with van der Waals surface area (Å²) in [5.74, 6) is -2.01. The van der Waals surface area contributed by atoms with Gasteiger partial charge in [-0.2, -0.15) is 0 Å². The molecule has 1 aromatic carbocycles. The molecule has 0 aliphatic carbocycles. The summed E-state index contributed by atoms with van der Waals surface area (Å²) in [6.45, 7) is 4.53. The number of hydrogen-bond donors (Lipinski definition) is 3. The number of phenolic OH excluding ortho intramolecular Hbond substituents is 1. The van der Waals surface area contributed by atoms with Crippen LogP contribution in [0.15, 0.2) is 30.9 Å². The Bertz CT molecular complexity index is 581. The van der Waals surface area contributed by atoms with E-state index in [-0.39, 0.29) is 23.5 Å². The SMILES string of the molecule is C=CCOC(=O)NC(C(=O)O)c1ccc(O)c(C(C)=O)c1. The molecule has 0 bridgehead atoms. The highest BCUT2D eigenvalue weighted by Crippen LogP contribution is 2.23. The number of hydrogen-bond acceptors (Lipinski definition) is 5. The number of amides is 1. The second-order valence-electron chi connectivity index (χ2n) is 4.14. The monoisotopic (exact) mass is 293 g/mol. The second kappa shape index (κ2) is 7.09. The van der Waals surface area contributed by atoms with Crippen molar-refractivity contribution in [1.29, 1.82) is 0 Å². The zero-order chi connectivity index (χ0) is 16.0. The van der Waals surface area contributed by atoms with Crippen LogP contribution in [0.4, 0.5) is 4.79 Å². The molecule has 21 heavy (non-hydrogen) atoms. The number of benzene rings is 1. The summed E-state index contributed by atoms with van der Waals surface area (Å²) in [4.78, 5) is 34.0. The lowest BCUT2D eigenvalue weighted by atomic mass is 10.0. The van der Waals surface area contributed by atoms with Crippen LogP contribution in [0, 0.1) is 0 Å². The van der Waals surface area contributed by atoms with Gasteiger partial charge in [0.1, 0.15) is 12.4 Å². The number of alkyl carbamates (subject to hydrolysis) is 1. The lowest BCUT2D eigenvalue weighted by Crippen LogP contribution is -2.34.